The first-order chi connectivity index (χ1) is 12.0. The van der Waals surface area contributed by atoms with Crippen LogP contribution in [0.1, 0.15) is 23.2 Å². The molecule has 1 aromatic rings. The number of nitrogens with one attached hydrogen (secondary N) is 2. The second-order valence-electron chi connectivity index (χ2n) is 5.36. The summed E-state index contributed by atoms with van der Waals surface area (Å²) in [5.41, 5.74) is 0.594. The molecule has 0 spiro atoms. The van der Waals surface area contributed by atoms with Gasteiger partial charge in [-0.2, -0.15) is 0 Å². The van der Waals surface area contributed by atoms with E-state index in [9.17, 15) is 14.4 Å². The summed E-state index contributed by atoms with van der Waals surface area (Å²) >= 11 is 0. The summed E-state index contributed by atoms with van der Waals surface area (Å²) in [5, 5.41) is 5.63. The highest BCUT2D eigenvalue weighted by Crippen LogP contribution is 2.28. The van der Waals surface area contributed by atoms with Crippen molar-refractivity contribution in [3.63, 3.8) is 0 Å². The van der Waals surface area contributed by atoms with Crippen LogP contribution in [-0.4, -0.2) is 45.2 Å². The Kier molecular flexibility index (Phi) is 5.99. The Hall–Kier alpha value is -3.03. The normalized spacial score (nSPS) is 13.6. The van der Waals surface area contributed by atoms with Gasteiger partial charge in [0.1, 0.15) is 11.4 Å². The lowest BCUT2D eigenvalue weighted by Gasteiger charge is -2.14. The molecular weight excluding hydrogens is 328 g/mol. The van der Waals surface area contributed by atoms with E-state index in [1.807, 2.05) is 0 Å². The Morgan fingerprint density at radius 1 is 1.12 bits per heavy atom. The van der Waals surface area contributed by atoms with Gasteiger partial charge in [-0.05, 0) is 31.0 Å². The van der Waals surface area contributed by atoms with Crippen molar-refractivity contribution < 1.29 is 28.6 Å². The third kappa shape index (κ3) is 4.97. The van der Waals surface area contributed by atoms with E-state index in [0.29, 0.717) is 17.0 Å². The molecular formula is C17H20N2O6. The summed E-state index contributed by atoms with van der Waals surface area (Å²) in [5.74, 6) is -1.32. The Morgan fingerprint density at radius 2 is 1.84 bits per heavy atom. The molecule has 0 radical (unpaired) electrons. The molecule has 1 aromatic carbocycles. The van der Waals surface area contributed by atoms with Gasteiger partial charge in [-0.3, -0.25) is 4.79 Å². The predicted molar refractivity (Wildman–Crippen MR) is 89.2 cm³/mol. The molecule has 134 valence electrons. The number of amides is 1. The number of anilines is 1. The molecule has 2 N–H and O–H groups in total. The van der Waals surface area contributed by atoms with E-state index in [1.54, 1.807) is 12.1 Å². The van der Waals surface area contributed by atoms with Gasteiger partial charge >= 0.3 is 11.9 Å². The molecule has 8 nitrogen and oxygen atoms in total. The number of methoxy groups -OCH3 is 3. The van der Waals surface area contributed by atoms with E-state index >= 15 is 0 Å². The number of ether oxygens (including phenoxy) is 3. The van der Waals surface area contributed by atoms with Crippen LogP contribution in [0.5, 0.6) is 5.75 Å². The maximum Gasteiger partial charge on any atom is 0.354 e. The van der Waals surface area contributed by atoms with Crippen molar-refractivity contribution in [2.45, 2.75) is 18.9 Å². The van der Waals surface area contributed by atoms with Crippen molar-refractivity contribution in [1.29, 1.82) is 0 Å². The van der Waals surface area contributed by atoms with E-state index in [1.165, 1.54) is 27.4 Å². The summed E-state index contributed by atoms with van der Waals surface area (Å²) in [6.45, 7) is 0. The van der Waals surface area contributed by atoms with E-state index in [2.05, 4.69) is 20.1 Å². The first-order valence-corrected chi connectivity index (χ1v) is 7.62. The zero-order valence-electron chi connectivity index (χ0n) is 14.3. The average molecular weight is 348 g/mol. The first-order valence-electron chi connectivity index (χ1n) is 7.62. The van der Waals surface area contributed by atoms with Gasteiger partial charge < -0.3 is 24.8 Å². The van der Waals surface area contributed by atoms with Gasteiger partial charge in [-0.1, -0.05) is 0 Å². The standard InChI is InChI=1S/C17H20N2O6/c1-23-14-7-4-10(16(21)18-11-5-6-11)8-12(14)19-13(17(22)25-3)9-15(20)24-2/h4,7-9,11,19H,5-6H2,1-3H3,(H,18,21)/b13-9+. The van der Waals surface area contributed by atoms with Crippen molar-refractivity contribution in [2.75, 3.05) is 26.6 Å². The molecule has 0 unspecified atom stereocenters. The topological polar surface area (TPSA) is 103 Å². The largest absolute Gasteiger partial charge is 0.495 e. The molecule has 1 fully saturated rings. The minimum atomic E-state index is -0.764. The van der Waals surface area contributed by atoms with Crippen LogP contribution in [0.15, 0.2) is 30.0 Å². The molecule has 0 aliphatic heterocycles. The van der Waals surface area contributed by atoms with E-state index in [0.717, 1.165) is 18.9 Å². The smallest absolute Gasteiger partial charge is 0.354 e. The molecule has 1 aliphatic rings. The Balaban J connectivity index is 2.30. The quantitative estimate of drug-likeness (QED) is 0.564. The lowest BCUT2D eigenvalue weighted by Crippen LogP contribution is -2.25. The zero-order valence-corrected chi connectivity index (χ0v) is 14.3. The molecule has 0 atom stereocenters. The number of carbonyl (C=O) groups excluding carboxylic acids is 3. The van der Waals surface area contributed by atoms with Crippen LogP contribution in [0, 0.1) is 0 Å². The van der Waals surface area contributed by atoms with Crippen molar-refractivity contribution in [1.82, 2.24) is 5.32 Å². The third-order valence-corrected chi connectivity index (χ3v) is 3.51. The number of carbonyl (C=O) groups is 3. The highest BCUT2D eigenvalue weighted by Gasteiger charge is 2.24. The molecule has 1 aliphatic carbocycles. The Labute approximate surface area is 145 Å². The van der Waals surface area contributed by atoms with E-state index < -0.39 is 11.9 Å². The number of hydrogen-bond donors (Lipinski definition) is 2. The number of benzene rings is 1. The zero-order chi connectivity index (χ0) is 18.4. The fourth-order valence-electron chi connectivity index (χ4n) is 2.02. The SMILES string of the molecule is COC(=O)/C=C(/Nc1cc(C(=O)NC2CC2)ccc1OC)C(=O)OC. The molecule has 0 aromatic heterocycles. The van der Waals surface area contributed by atoms with Gasteiger partial charge in [-0.15, -0.1) is 0 Å². The van der Waals surface area contributed by atoms with Crippen molar-refractivity contribution >= 4 is 23.5 Å². The number of hydrogen-bond acceptors (Lipinski definition) is 7. The fourth-order valence-corrected chi connectivity index (χ4v) is 2.02. The monoisotopic (exact) mass is 348 g/mol. The van der Waals surface area contributed by atoms with E-state index in [-0.39, 0.29) is 17.6 Å². The van der Waals surface area contributed by atoms with Crippen LogP contribution in [0.2, 0.25) is 0 Å². The van der Waals surface area contributed by atoms with Crippen LogP contribution in [-0.2, 0) is 19.1 Å². The minimum absolute atomic E-state index is 0.146. The van der Waals surface area contributed by atoms with Crippen molar-refractivity contribution in [2.24, 2.45) is 0 Å². The molecule has 0 saturated heterocycles. The summed E-state index contributed by atoms with van der Waals surface area (Å²) in [7, 11) is 3.83. The van der Waals surface area contributed by atoms with Gasteiger partial charge in [-0.25, -0.2) is 9.59 Å². The second kappa shape index (κ2) is 8.18. The third-order valence-electron chi connectivity index (χ3n) is 3.51. The van der Waals surface area contributed by atoms with Crippen molar-refractivity contribution in [3.8, 4) is 5.75 Å². The predicted octanol–water partition coefficient (Wildman–Crippen LogP) is 1.23. The first kappa shape index (κ1) is 18.3. The fraction of sp³-hybridized carbons (Fsp3) is 0.353. The Morgan fingerprint density at radius 3 is 2.40 bits per heavy atom. The highest BCUT2D eigenvalue weighted by molar-refractivity contribution is 6.00. The van der Waals surface area contributed by atoms with Gasteiger partial charge in [0.25, 0.3) is 5.91 Å². The number of esters is 2. The van der Waals surface area contributed by atoms with Crippen LogP contribution in [0.25, 0.3) is 0 Å². The molecule has 0 bridgehead atoms. The maximum atomic E-state index is 12.2. The molecule has 1 amide bonds. The van der Waals surface area contributed by atoms with Crippen LogP contribution in [0.3, 0.4) is 0 Å². The minimum Gasteiger partial charge on any atom is -0.495 e. The Bertz CT molecular complexity index is 709. The summed E-state index contributed by atoms with van der Waals surface area (Å²) in [4.78, 5) is 35.5. The molecule has 0 heterocycles. The second-order valence-corrected chi connectivity index (χ2v) is 5.36. The lowest BCUT2D eigenvalue weighted by molar-refractivity contribution is -0.138. The average Bonchev–Trinajstić information content (AvgIpc) is 3.43. The maximum absolute atomic E-state index is 12.2. The lowest BCUT2D eigenvalue weighted by atomic mass is 10.1. The molecule has 2 rings (SSSR count). The van der Waals surface area contributed by atoms with Gasteiger partial charge in [0, 0.05) is 11.6 Å². The summed E-state index contributed by atoms with van der Waals surface area (Å²) in [6.07, 6.45) is 2.91. The van der Waals surface area contributed by atoms with Crippen LogP contribution < -0.4 is 15.4 Å². The van der Waals surface area contributed by atoms with Crippen LogP contribution >= 0.6 is 0 Å². The van der Waals surface area contributed by atoms with Crippen LogP contribution in [0.4, 0.5) is 5.69 Å². The molecule has 1 saturated carbocycles. The number of rotatable bonds is 7. The molecule has 25 heavy (non-hydrogen) atoms. The molecule has 8 heteroatoms. The highest BCUT2D eigenvalue weighted by atomic mass is 16.5. The van der Waals surface area contributed by atoms with Gasteiger partial charge in [0.15, 0.2) is 0 Å². The summed E-state index contributed by atoms with van der Waals surface area (Å²) < 4.78 is 14.4. The summed E-state index contributed by atoms with van der Waals surface area (Å²) in [6, 6.07) is 4.96. The van der Waals surface area contributed by atoms with E-state index in [4.69, 9.17) is 4.74 Å². The van der Waals surface area contributed by atoms with Gasteiger partial charge in [0.05, 0.1) is 33.1 Å². The van der Waals surface area contributed by atoms with Gasteiger partial charge in [0.2, 0.25) is 0 Å². The van der Waals surface area contributed by atoms with Crippen molar-refractivity contribution in [3.05, 3.63) is 35.5 Å².